The number of methoxy groups -OCH3 is 2. The van der Waals surface area contributed by atoms with E-state index in [1.165, 1.54) is 20.3 Å². The summed E-state index contributed by atoms with van der Waals surface area (Å²) in [6.45, 7) is 1.69. The van der Waals surface area contributed by atoms with E-state index in [1.54, 1.807) is 25.1 Å². The highest BCUT2D eigenvalue weighted by atomic mass is 35.5. The number of carbonyl (C=O) groups is 2. The minimum absolute atomic E-state index is 0.262. The van der Waals surface area contributed by atoms with Crippen LogP contribution in [0.4, 0.5) is 0 Å². The molecular formula is C17H15Cl2NO4. The van der Waals surface area contributed by atoms with Crippen molar-refractivity contribution in [3.05, 3.63) is 45.4 Å². The molecule has 0 saturated heterocycles. The van der Waals surface area contributed by atoms with Crippen LogP contribution < -0.4 is 0 Å². The molecule has 0 spiro atoms. The second kappa shape index (κ2) is 6.33. The predicted molar refractivity (Wildman–Crippen MR) is 91.7 cm³/mol. The number of rotatable bonds is 4. The van der Waals surface area contributed by atoms with E-state index in [4.69, 9.17) is 32.7 Å². The SMILES string of the molecule is COC(OC)C(C)N1C(=O)c2cc(Cl)c3c(Cl)cccc3c2C1=O. The van der Waals surface area contributed by atoms with Crippen LogP contribution in [-0.2, 0) is 9.47 Å². The van der Waals surface area contributed by atoms with Crippen molar-refractivity contribution in [3.63, 3.8) is 0 Å². The topological polar surface area (TPSA) is 55.8 Å². The third-order valence-corrected chi connectivity index (χ3v) is 4.82. The van der Waals surface area contributed by atoms with E-state index in [-0.39, 0.29) is 5.56 Å². The quantitative estimate of drug-likeness (QED) is 0.609. The number of carbonyl (C=O) groups excluding carboxylic acids is 2. The molecule has 0 aromatic heterocycles. The van der Waals surface area contributed by atoms with Crippen LogP contribution in [0.2, 0.25) is 10.0 Å². The second-order valence-corrected chi connectivity index (χ2v) is 6.32. The monoisotopic (exact) mass is 367 g/mol. The number of benzene rings is 2. The van der Waals surface area contributed by atoms with Crippen molar-refractivity contribution < 1.29 is 19.1 Å². The molecule has 126 valence electrons. The Morgan fingerprint density at radius 2 is 1.71 bits per heavy atom. The van der Waals surface area contributed by atoms with Crippen molar-refractivity contribution in [1.29, 1.82) is 0 Å². The molecule has 0 saturated carbocycles. The molecule has 0 fully saturated rings. The number of amides is 2. The number of halogens is 2. The predicted octanol–water partition coefficient (Wildman–Crippen LogP) is 3.75. The summed E-state index contributed by atoms with van der Waals surface area (Å²) in [7, 11) is 2.91. The first-order valence-electron chi connectivity index (χ1n) is 7.26. The van der Waals surface area contributed by atoms with Crippen LogP contribution >= 0.6 is 23.2 Å². The van der Waals surface area contributed by atoms with Gasteiger partial charge in [0, 0.05) is 24.6 Å². The summed E-state index contributed by atoms with van der Waals surface area (Å²) >= 11 is 12.5. The number of hydrogen-bond acceptors (Lipinski definition) is 4. The zero-order chi connectivity index (χ0) is 17.6. The largest absolute Gasteiger partial charge is 0.354 e. The molecule has 0 radical (unpaired) electrons. The Morgan fingerprint density at radius 3 is 2.33 bits per heavy atom. The molecule has 0 aliphatic carbocycles. The van der Waals surface area contributed by atoms with Gasteiger partial charge in [-0.3, -0.25) is 14.5 Å². The van der Waals surface area contributed by atoms with E-state index in [0.29, 0.717) is 26.4 Å². The smallest absolute Gasteiger partial charge is 0.262 e. The number of hydrogen-bond donors (Lipinski definition) is 0. The highest BCUT2D eigenvalue weighted by Crippen LogP contribution is 2.39. The van der Waals surface area contributed by atoms with Gasteiger partial charge in [0.15, 0.2) is 6.29 Å². The Bertz CT molecular complexity index is 848. The van der Waals surface area contributed by atoms with Gasteiger partial charge in [-0.1, -0.05) is 35.3 Å². The first-order valence-corrected chi connectivity index (χ1v) is 8.02. The van der Waals surface area contributed by atoms with E-state index in [2.05, 4.69) is 0 Å². The second-order valence-electron chi connectivity index (χ2n) is 5.50. The van der Waals surface area contributed by atoms with Crippen LogP contribution in [0, 0.1) is 0 Å². The maximum absolute atomic E-state index is 12.9. The standard InChI is InChI=1S/C17H15Cl2NO4/c1-8(17(23-2)24-3)20-15(21)10-7-12(19)14-9(13(10)16(20)22)5-4-6-11(14)18/h4-8,17H,1-3H3. The molecule has 0 bridgehead atoms. The molecule has 7 heteroatoms. The Morgan fingerprint density at radius 1 is 1.04 bits per heavy atom. The fraction of sp³-hybridized carbons (Fsp3) is 0.294. The fourth-order valence-corrected chi connectivity index (χ4v) is 3.75. The lowest BCUT2D eigenvalue weighted by atomic mass is 10.0. The lowest BCUT2D eigenvalue weighted by Crippen LogP contribution is -2.46. The van der Waals surface area contributed by atoms with Crippen molar-refractivity contribution in [1.82, 2.24) is 4.90 Å². The van der Waals surface area contributed by atoms with Crippen LogP contribution in [0.15, 0.2) is 24.3 Å². The molecule has 3 rings (SSSR count). The van der Waals surface area contributed by atoms with Crippen LogP contribution in [0.1, 0.15) is 27.6 Å². The molecule has 1 aliphatic heterocycles. The van der Waals surface area contributed by atoms with Gasteiger partial charge in [0.1, 0.15) is 0 Å². The molecule has 5 nitrogen and oxygen atoms in total. The average molecular weight is 368 g/mol. The van der Waals surface area contributed by atoms with Crippen LogP contribution in [0.5, 0.6) is 0 Å². The summed E-state index contributed by atoms with van der Waals surface area (Å²) in [6, 6.07) is 6.04. The summed E-state index contributed by atoms with van der Waals surface area (Å²) in [4.78, 5) is 26.8. The van der Waals surface area contributed by atoms with Crippen molar-refractivity contribution >= 4 is 45.8 Å². The molecular weight excluding hydrogens is 353 g/mol. The Balaban J connectivity index is 2.20. The van der Waals surface area contributed by atoms with Gasteiger partial charge >= 0.3 is 0 Å². The Kier molecular flexibility index (Phi) is 4.53. The lowest BCUT2D eigenvalue weighted by molar-refractivity contribution is -0.131. The van der Waals surface area contributed by atoms with E-state index < -0.39 is 24.1 Å². The van der Waals surface area contributed by atoms with E-state index in [1.807, 2.05) is 0 Å². The van der Waals surface area contributed by atoms with Gasteiger partial charge in [0.25, 0.3) is 11.8 Å². The molecule has 1 atom stereocenters. The molecule has 0 N–H and O–H groups in total. The van der Waals surface area contributed by atoms with Crippen molar-refractivity contribution in [3.8, 4) is 0 Å². The number of imide groups is 1. The van der Waals surface area contributed by atoms with Crippen molar-refractivity contribution in [2.45, 2.75) is 19.3 Å². The molecule has 2 aromatic carbocycles. The van der Waals surface area contributed by atoms with Crippen molar-refractivity contribution in [2.75, 3.05) is 14.2 Å². The summed E-state index contributed by atoms with van der Waals surface area (Å²) in [5.41, 5.74) is 0.567. The Labute approximate surface area is 149 Å². The summed E-state index contributed by atoms with van der Waals surface area (Å²) in [6.07, 6.45) is -0.725. The zero-order valence-corrected chi connectivity index (χ0v) is 14.8. The highest BCUT2D eigenvalue weighted by Gasteiger charge is 2.42. The van der Waals surface area contributed by atoms with Crippen LogP contribution in [0.3, 0.4) is 0 Å². The first kappa shape index (κ1) is 17.2. The maximum Gasteiger partial charge on any atom is 0.262 e. The number of fused-ring (bicyclic) bond motifs is 3. The van der Waals surface area contributed by atoms with E-state index >= 15 is 0 Å². The lowest BCUT2D eigenvalue weighted by Gasteiger charge is -2.28. The first-order chi connectivity index (χ1) is 11.4. The van der Waals surface area contributed by atoms with Crippen molar-refractivity contribution in [2.24, 2.45) is 0 Å². The highest BCUT2D eigenvalue weighted by molar-refractivity contribution is 6.44. The van der Waals surface area contributed by atoms with E-state index in [0.717, 1.165) is 4.90 Å². The Hall–Kier alpha value is -1.66. The van der Waals surface area contributed by atoms with Crippen LogP contribution in [-0.4, -0.2) is 43.3 Å². The normalized spacial score (nSPS) is 15.5. The third-order valence-electron chi connectivity index (χ3n) is 4.21. The number of nitrogens with zero attached hydrogens (tertiary/aromatic N) is 1. The summed E-state index contributed by atoms with van der Waals surface area (Å²) in [5, 5.41) is 1.88. The average Bonchev–Trinajstić information content (AvgIpc) is 2.79. The molecule has 1 heterocycles. The molecule has 1 aliphatic rings. The van der Waals surface area contributed by atoms with Crippen LogP contribution in [0.25, 0.3) is 10.8 Å². The minimum Gasteiger partial charge on any atom is -0.354 e. The minimum atomic E-state index is -0.725. The maximum atomic E-state index is 12.9. The summed E-state index contributed by atoms with van der Waals surface area (Å²) < 4.78 is 10.4. The van der Waals surface area contributed by atoms with Gasteiger partial charge in [0.05, 0.1) is 22.2 Å². The van der Waals surface area contributed by atoms with Gasteiger partial charge in [0.2, 0.25) is 0 Å². The van der Waals surface area contributed by atoms with Gasteiger partial charge in [-0.25, -0.2) is 0 Å². The van der Waals surface area contributed by atoms with Gasteiger partial charge in [-0.2, -0.15) is 0 Å². The fourth-order valence-electron chi connectivity index (χ4n) is 3.11. The van der Waals surface area contributed by atoms with Gasteiger partial charge < -0.3 is 9.47 Å². The number of ether oxygens (including phenoxy) is 2. The third kappa shape index (κ3) is 2.40. The van der Waals surface area contributed by atoms with E-state index in [9.17, 15) is 9.59 Å². The molecule has 1 unspecified atom stereocenters. The van der Waals surface area contributed by atoms with Gasteiger partial charge in [-0.15, -0.1) is 0 Å². The summed E-state index contributed by atoms with van der Waals surface area (Å²) in [5.74, 6) is -0.837. The zero-order valence-electron chi connectivity index (χ0n) is 13.3. The molecule has 24 heavy (non-hydrogen) atoms. The molecule has 2 amide bonds. The van der Waals surface area contributed by atoms with Gasteiger partial charge in [-0.05, 0) is 24.4 Å². The molecule has 2 aromatic rings.